The number of benzene rings is 3. The van der Waals surface area contributed by atoms with Crippen LogP contribution in [0.15, 0.2) is 72.8 Å². The second kappa shape index (κ2) is 12.8. The number of carbonyl (C=O) groups excluding carboxylic acids is 1. The first-order valence-electron chi connectivity index (χ1n) is 14.1. The molecule has 2 saturated heterocycles. The third-order valence-electron chi connectivity index (χ3n) is 8.64. The smallest absolute Gasteiger partial charge is 0.144 e. The van der Waals surface area contributed by atoms with Crippen LogP contribution in [0.5, 0.6) is 0 Å². The maximum absolute atomic E-state index is 14.0. The summed E-state index contributed by atoms with van der Waals surface area (Å²) in [5.74, 6) is 1.12. The van der Waals surface area contributed by atoms with E-state index in [1.807, 2.05) is 30.3 Å². The first kappa shape index (κ1) is 27.4. The lowest BCUT2D eigenvalue weighted by Gasteiger charge is -2.39. The van der Waals surface area contributed by atoms with E-state index in [1.54, 1.807) is 0 Å². The number of nitrogens with zero attached hydrogens (tertiary/aromatic N) is 1. The minimum absolute atomic E-state index is 0.302. The molecule has 0 aromatic heterocycles. The van der Waals surface area contributed by atoms with Crippen molar-refractivity contribution in [1.82, 2.24) is 10.2 Å². The normalized spacial score (nSPS) is 20.9. The highest BCUT2D eigenvalue weighted by Crippen LogP contribution is 2.36. The maximum Gasteiger partial charge on any atom is 0.144 e. The molecule has 5 rings (SSSR count). The highest BCUT2D eigenvalue weighted by atomic mass is 35.5. The Labute approximate surface area is 237 Å². The molecule has 3 aromatic rings. The van der Waals surface area contributed by atoms with Crippen molar-refractivity contribution in [3.05, 3.63) is 94.0 Å². The third kappa shape index (κ3) is 6.69. The number of nitrogens with one attached hydrogen (secondary N) is 1. The van der Waals surface area contributed by atoms with Gasteiger partial charge in [-0.3, -0.25) is 4.79 Å². The van der Waals surface area contributed by atoms with Crippen LogP contribution in [-0.2, 0) is 17.6 Å². The van der Waals surface area contributed by atoms with E-state index in [1.165, 1.54) is 24.8 Å². The Morgan fingerprint density at radius 3 is 2.45 bits per heavy atom. The van der Waals surface area contributed by atoms with Crippen molar-refractivity contribution < 1.29 is 4.79 Å². The lowest BCUT2D eigenvalue weighted by Crippen LogP contribution is -2.48. The molecule has 2 aliphatic heterocycles. The predicted octanol–water partition coefficient (Wildman–Crippen LogP) is 7.49. The Morgan fingerprint density at radius 1 is 0.947 bits per heavy atom. The highest BCUT2D eigenvalue weighted by Gasteiger charge is 2.39. The molecule has 2 aliphatic rings. The van der Waals surface area contributed by atoms with Gasteiger partial charge in [-0.1, -0.05) is 83.9 Å². The van der Waals surface area contributed by atoms with Crippen LogP contribution in [0.2, 0.25) is 10.0 Å². The van der Waals surface area contributed by atoms with E-state index in [-0.39, 0.29) is 5.41 Å². The summed E-state index contributed by atoms with van der Waals surface area (Å²) in [7, 11) is 0. The summed E-state index contributed by atoms with van der Waals surface area (Å²) in [6.45, 7) is 5.05. The molecular weight excluding hydrogens is 511 g/mol. The number of carbonyl (C=O) groups is 1. The minimum Gasteiger partial charge on any atom is -0.316 e. The molecule has 2 fully saturated rings. The van der Waals surface area contributed by atoms with Crippen LogP contribution in [0.1, 0.15) is 43.2 Å². The summed E-state index contributed by atoms with van der Waals surface area (Å²) >= 11 is 12.5. The second-order valence-corrected chi connectivity index (χ2v) is 12.0. The number of rotatable bonds is 9. The van der Waals surface area contributed by atoms with Crippen LogP contribution in [0.25, 0.3) is 11.1 Å². The summed E-state index contributed by atoms with van der Waals surface area (Å²) in [5, 5.41) is 4.63. The molecule has 1 N–H and O–H groups in total. The molecule has 1 atom stereocenters. The van der Waals surface area contributed by atoms with Crippen molar-refractivity contribution in [2.75, 3.05) is 32.7 Å². The number of piperidine rings is 2. The summed E-state index contributed by atoms with van der Waals surface area (Å²) < 4.78 is 0. The number of hydrogen-bond acceptors (Lipinski definition) is 3. The molecular formula is C33H38Cl2N2O. The van der Waals surface area contributed by atoms with Gasteiger partial charge in [-0.2, -0.15) is 0 Å². The van der Waals surface area contributed by atoms with Gasteiger partial charge >= 0.3 is 0 Å². The zero-order chi connectivity index (χ0) is 26.4. The van der Waals surface area contributed by atoms with Gasteiger partial charge in [0.1, 0.15) is 5.78 Å². The van der Waals surface area contributed by atoms with Crippen LogP contribution in [-0.4, -0.2) is 43.4 Å². The van der Waals surface area contributed by atoms with Crippen molar-refractivity contribution in [1.29, 1.82) is 0 Å². The van der Waals surface area contributed by atoms with Gasteiger partial charge in [0, 0.05) is 18.4 Å². The first-order chi connectivity index (χ1) is 18.5. The largest absolute Gasteiger partial charge is 0.316 e. The van der Waals surface area contributed by atoms with Gasteiger partial charge in [0.2, 0.25) is 0 Å². The van der Waals surface area contributed by atoms with Crippen LogP contribution in [0, 0.1) is 11.3 Å². The molecule has 2 heterocycles. The molecule has 0 aliphatic carbocycles. The van der Waals surface area contributed by atoms with Crippen molar-refractivity contribution in [2.45, 2.75) is 44.9 Å². The molecule has 0 saturated carbocycles. The molecule has 0 amide bonds. The fraction of sp³-hybridized carbons (Fsp3) is 0.424. The van der Waals surface area contributed by atoms with Crippen molar-refractivity contribution in [3.63, 3.8) is 0 Å². The van der Waals surface area contributed by atoms with E-state index >= 15 is 0 Å². The number of ketones is 1. The van der Waals surface area contributed by atoms with Gasteiger partial charge < -0.3 is 10.2 Å². The molecule has 0 bridgehead atoms. The van der Waals surface area contributed by atoms with E-state index in [9.17, 15) is 4.79 Å². The summed E-state index contributed by atoms with van der Waals surface area (Å²) in [5.41, 5.74) is 4.26. The topological polar surface area (TPSA) is 32.3 Å². The van der Waals surface area contributed by atoms with Crippen molar-refractivity contribution in [3.8, 4) is 11.1 Å². The highest BCUT2D eigenvalue weighted by molar-refractivity contribution is 6.42. The van der Waals surface area contributed by atoms with E-state index < -0.39 is 0 Å². The quantitative estimate of drug-likeness (QED) is 0.300. The molecule has 200 valence electrons. The fourth-order valence-corrected chi connectivity index (χ4v) is 6.57. The lowest BCUT2D eigenvalue weighted by molar-refractivity contribution is -0.129. The summed E-state index contributed by atoms with van der Waals surface area (Å²) in [6.07, 6.45) is 7.06. The van der Waals surface area contributed by atoms with Gasteiger partial charge in [-0.25, -0.2) is 0 Å². The van der Waals surface area contributed by atoms with Gasteiger partial charge in [-0.05, 0) is 105 Å². The summed E-state index contributed by atoms with van der Waals surface area (Å²) in [6, 6.07) is 24.8. The summed E-state index contributed by atoms with van der Waals surface area (Å²) in [4.78, 5) is 16.6. The molecule has 0 radical (unpaired) electrons. The molecule has 3 nitrogen and oxygen atoms in total. The Hall–Kier alpha value is -2.17. The standard InChI is InChI=1S/C33H38Cl2N2O/c34-30-12-11-28(22-31(30)35)29-10-5-4-9-27(29)23-32(38)33(15-6-17-36-24-33)16-20-37-18-13-26(14-19-37)21-25-7-2-1-3-8-25/h1-5,7-12,22,26,36H,6,13-21,23-24H2. The average molecular weight is 550 g/mol. The van der Waals surface area contributed by atoms with Crippen LogP contribution < -0.4 is 5.32 Å². The molecule has 0 spiro atoms. The first-order valence-corrected chi connectivity index (χ1v) is 14.8. The number of likely N-dealkylation sites (tertiary alicyclic amines) is 1. The van der Waals surface area contributed by atoms with Gasteiger partial charge in [0.05, 0.1) is 10.0 Å². The second-order valence-electron chi connectivity index (χ2n) is 11.2. The van der Waals surface area contributed by atoms with Gasteiger partial charge in [0.25, 0.3) is 0 Å². The van der Waals surface area contributed by atoms with Crippen molar-refractivity contribution >= 4 is 29.0 Å². The molecule has 5 heteroatoms. The number of halogens is 2. The van der Waals surface area contributed by atoms with Gasteiger partial charge in [0.15, 0.2) is 0 Å². The van der Waals surface area contributed by atoms with Crippen molar-refractivity contribution in [2.24, 2.45) is 11.3 Å². The number of hydrogen-bond donors (Lipinski definition) is 1. The number of Topliss-reactive ketones (excluding diaryl/α,β-unsaturated/α-hetero) is 1. The molecule has 3 aromatic carbocycles. The molecule has 38 heavy (non-hydrogen) atoms. The Balaban J connectivity index is 1.23. The Kier molecular flexibility index (Phi) is 9.22. The fourth-order valence-electron chi connectivity index (χ4n) is 6.27. The Bertz CT molecular complexity index is 1210. The zero-order valence-corrected chi connectivity index (χ0v) is 23.6. The third-order valence-corrected chi connectivity index (χ3v) is 9.38. The SMILES string of the molecule is O=C(Cc1ccccc1-c1ccc(Cl)c(Cl)c1)C1(CCN2CCC(Cc3ccccc3)CC2)CCCNC1. The van der Waals surface area contributed by atoms with Gasteiger partial charge in [-0.15, -0.1) is 0 Å². The maximum atomic E-state index is 14.0. The Morgan fingerprint density at radius 2 is 1.71 bits per heavy atom. The monoisotopic (exact) mass is 548 g/mol. The van der Waals surface area contributed by atoms with E-state index in [0.717, 1.165) is 74.6 Å². The zero-order valence-electron chi connectivity index (χ0n) is 22.1. The van der Waals surface area contributed by atoms with Crippen LogP contribution in [0.4, 0.5) is 0 Å². The average Bonchev–Trinajstić information content (AvgIpc) is 2.95. The molecule has 1 unspecified atom stereocenters. The van der Waals surface area contributed by atoms with Crippen LogP contribution in [0.3, 0.4) is 0 Å². The minimum atomic E-state index is -0.302. The van der Waals surface area contributed by atoms with E-state index in [0.29, 0.717) is 22.2 Å². The van der Waals surface area contributed by atoms with Crippen LogP contribution >= 0.6 is 23.2 Å². The lowest BCUT2D eigenvalue weighted by atomic mass is 9.72. The van der Waals surface area contributed by atoms with E-state index in [2.05, 4.69) is 52.7 Å². The predicted molar refractivity (Wildman–Crippen MR) is 159 cm³/mol. The van der Waals surface area contributed by atoms with E-state index in [4.69, 9.17) is 23.2 Å².